The lowest BCUT2D eigenvalue weighted by Gasteiger charge is -2.32. The standard InChI is InChI=1S/C26H34FN3O4/c1-4-17(3)28-24(32)22(5-2)30(16-18-10-12-19(27)13-11-18)23(31)14-15-29-25(33)20-8-6-7-9-21(20)26(29)34/h6-7,10-13,17,20-22H,4-5,8-9,14-16H2,1-3H3,(H,28,32)/t17-,20-,21+,22-/m1/s1. The second-order valence-corrected chi connectivity index (χ2v) is 9.12. The van der Waals surface area contributed by atoms with Gasteiger partial charge in [0.2, 0.25) is 23.6 Å². The first kappa shape index (κ1) is 25.6. The Morgan fingerprint density at radius 1 is 1.06 bits per heavy atom. The van der Waals surface area contributed by atoms with Gasteiger partial charge in [-0.05, 0) is 50.3 Å². The van der Waals surface area contributed by atoms with Crippen molar-refractivity contribution < 1.29 is 23.6 Å². The van der Waals surface area contributed by atoms with Crippen molar-refractivity contribution in [3.05, 3.63) is 47.8 Å². The molecule has 1 aromatic carbocycles. The zero-order valence-corrected chi connectivity index (χ0v) is 20.1. The van der Waals surface area contributed by atoms with Crippen molar-refractivity contribution >= 4 is 23.6 Å². The Morgan fingerprint density at radius 3 is 2.18 bits per heavy atom. The van der Waals surface area contributed by atoms with Gasteiger partial charge in [0.15, 0.2) is 0 Å². The third kappa shape index (κ3) is 5.72. The van der Waals surface area contributed by atoms with E-state index >= 15 is 0 Å². The summed E-state index contributed by atoms with van der Waals surface area (Å²) in [5.41, 5.74) is 0.690. The first-order valence-electron chi connectivity index (χ1n) is 12.1. The van der Waals surface area contributed by atoms with Crippen molar-refractivity contribution in [2.45, 2.75) is 71.5 Å². The lowest BCUT2D eigenvalue weighted by molar-refractivity contribution is -0.144. The molecular formula is C26H34FN3O4. The molecule has 0 radical (unpaired) electrons. The van der Waals surface area contributed by atoms with Crippen LogP contribution in [0.15, 0.2) is 36.4 Å². The van der Waals surface area contributed by atoms with E-state index in [-0.39, 0.29) is 66.8 Å². The Hall–Kier alpha value is -3.03. The summed E-state index contributed by atoms with van der Waals surface area (Å²) < 4.78 is 13.4. The number of halogens is 1. The molecule has 34 heavy (non-hydrogen) atoms. The van der Waals surface area contributed by atoms with Gasteiger partial charge in [-0.2, -0.15) is 0 Å². The summed E-state index contributed by atoms with van der Waals surface area (Å²) in [5, 5.41) is 2.94. The van der Waals surface area contributed by atoms with E-state index < -0.39 is 6.04 Å². The molecule has 4 atom stereocenters. The van der Waals surface area contributed by atoms with E-state index in [1.165, 1.54) is 21.9 Å². The molecule has 1 aliphatic carbocycles. The fourth-order valence-corrected chi connectivity index (χ4v) is 4.59. The highest BCUT2D eigenvalue weighted by Gasteiger charge is 2.47. The van der Waals surface area contributed by atoms with Gasteiger partial charge in [-0.3, -0.25) is 24.1 Å². The second-order valence-electron chi connectivity index (χ2n) is 9.12. The number of allylic oxidation sites excluding steroid dienone is 2. The van der Waals surface area contributed by atoms with Crippen LogP contribution in [0.25, 0.3) is 0 Å². The second kappa shape index (κ2) is 11.4. The number of hydrogen-bond acceptors (Lipinski definition) is 4. The average molecular weight is 472 g/mol. The molecule has 0 unspecified atom stereocenters. The number of likely N-dealkylation sites (tertiary alicyclic amines) is 1. The van der Waals surface area contributed by atoms with Gasteiger partial charge in [0, 0.05) is 25.6 Å². The summed E-state index contributed by atoms with van der Waals surface area (Å²) in [4.78, 5) is 54.5. The molecule has 0 aromatic heterocycles. The van der Waals surface area contributed by atoms with Crippen molar-refractivity contribution in [2.75, 3.05) is 6.54 Å². The number of amides is 4. The maximum atomic E-state index is 13.4. The minimum atomic E-state index is -0.719. The van der Waals surface area contributed by atoms with Crippen molar-refractivity contribution in [2.24, 2.45) is 11.8 Å². The summed E-state index contributed by atoms with van der Waals surface area (Å²) in [5.74, 6) is -2.09. The Labute approximate surface area is 200 Å². The number of nitrogens with one attached hydrogen (secondary N) is 1. The van der Waals surface area contributed by atoms with E-state index in [4.69, 9.17) is 0 Å². The molecule has 3 rings (SSSR count). The molecule has 0 saturated carbocycles. The van der Waals surface area contributed by atoms with Gasteiger partial charge in [-0.1, -0.05) is 38.1 Å². The Bertz CT molecular complexity index is 920. The van der Waals surface area contributed by atoms with Gasteiger partial charge in [0.05, 0.1) is 11.8 Å². The number of carbonyl (C=O) groups excluding carboxylic acids is 4. The third-order valence-electron chi connectivity index (χ3n) is 6.80. The van der Waals surface area contributed by atoms with E-state index in [0.717, 1.165) is 6.42 Å². The van der Waals surface area contributed by atoms with Crippen LogP contribution < -0.4 is 5.32 Å². The maximum absolute atomic E-state index is 13.4. The van der Waals surface area contributed by atoms with Crippen molar-refractivity contribution in [1.29, 1.82) is 0 Å². The predicted molar refractivity (Wildman–Crippen MR) is 126 cm³/mol. The number of imide groups is 1. The summed E-state index contributed by atoms with van der Waals surface area (Å²) in [6, 6.07) is 5.04. The largest absolute Gasteiger partial charge is 0.352 e. The Kier molecular flexibility index (Phi) is 8.58. The molecule has 1 N–H and O–H groups in total. The van der Waals surface area contributed by atoms with E-state index in [2.05, 4.69) is 5.32 Å². The normalized spacial score (nSPS) is 21.2. The highest BCUT2D eigenvalue weighted by molar-refractivity contribution is 6.05. The number of nitrogens with zero attached hydrogens (tertiary/aromatic N) is 2. The summed E-state index contributed by atoms with van der Waals surface area (Å²) >= 11 is 0. The lowest BCUT2D eigenvalue weighted by Crippen LogP contribution is -2.51. The van der Waals surface area contributed by atoms with E-state index in [1.807, 2.05) is 32.9 Å². The molecular weight excluding hydrogens is 437 g/mol. The highest BCUT2D eigenvalue weighted by atomic mass is 19.1. The number of rotatable bonds is 10. The fraction of sp³-hybridized carbons (Fsp3) is 0.538. The lowest BCUT2D eigenvalue weighted by atomic mass is 9.85. The van der Waals surface area contributed by atoms with Crippen LogP contribution >= 0.6 is 0 Å². The summed E-state index contributed by atoms with van der Waals surface area (Å²) in [7, 11) is 0. The summed E-state index contributed by atoms with van der Waals surface area (Å²) in [6.07, 6.45) is 6.02. The monoisotopic (exact) mass is 471 g/mol. The Balaban J connectivity index is 1.75. The van der Waals surface area contributed by atoms with Gasteiger partial charge in [-0.15, -0.1) is 0 Å². The van der Waals surface area contributed by atoms with Gasteiger partial charge in [-0.25, -0.2) is 4.39 Å². The molecule has 8 heteroatoms. The molecule has 7 nitrogen and oxygen atoms in total. The molecule has 1 saturated heterocycles. The van der Waals surface area contributed by atoms with Crippen LogP contribution in [-0.2, 0) is 25.7 Å². The van der Waals surface area contributed by atoms with Crippen LogP contribution in [0.2, 0.25) is 0 Å². The highest BCUT2D eigenvalue weighted by Crippen LogP contribution is 2.35. The smallest absolute Gasteiger partial charge is 0.243 e. The van der Waals surface area contributed by atoms with Crippen molar-refractivity contribution in [3.63, 3.8) is 0 Å². The quantitative estimate of drug-likeness (QED) is 0.419. The number of carbonyl (C=O) groups is 4. The predicted octanol–water partition coefficient (Wildman–Crippen LogP) is 3.19. The van der Waals surface area contributed by atoms with Crippen LogP contribution in [0.1, 0.15) is 58.4 Å². The molecule has 1 aromatic rings. The fourth-order valence-electron chi connectivity index (χ4n) is 4.59. The SMILES string of the molecule is CC[C@@H](C)NC(=O)[C@@H](CC)N(Cc1ccc(F)cc1)C(=O)CCN1C(=O)[C@H]2CC=CC[C@H]2C1=O. The van der Waals surface area contributed by atoms with Gasteiger partial charge < -0.3 is 10.2 Å². The van der Waals surface area contributed by atoms with Crippen molar-refractivity contribution in [1.82, 2.24) is 15.1 Å². The first-order valence-corrected chi connectivity index (χ1v) is 12.1. The molecule has 4 amide bonds. The molecule has 0 bridgehead atoms. The van der Waals surface area contributed by atoms with E-state index in [1.54, 1.807) is 12.1 Å². The van der Waals surface area contributed by atoms with Crippen molar-refractivity contribution in [3.8, 4) is 0 Å². The van der Waals surface area contributed by atoms with Crippen LogP contribution in [-0.4, -0.2) is 52.1 Å². The zero-order chi connectivity index (χ0) is 24.8. The minimum Gasteiger partial charge on any atom is -0.352 e. The van der Waals surface area contributed by atoms with Crippen LogP contribution in [0.5, 0.6) is 0 Å². The summed E-state index contributed by atoms with van der Waals surface area (Å²) in [6.45, 7) is 5.81. The third-order valence-corrected chi connectivity index (χ3v) is 6.80. The average Bonchev–Trinajstić information content (AvgIpc) is 3.08. The molecule has 2 aliphatic rings. The molecule has 1 aliphatic heterocycles. The minimum absolute atomic E-state index is 0.00711. The first-order chi connectivity index (χ1) is 16.3. The van der Waals surface area contributed by atoms with Gasteiger partial charge in [0.1, 0.15) is 11.9 Å². The number of hydrogen-bond donors (Lipinski definition) is 1. The Morgan fingerprint density at radius 2 is 1.65 bits per heavy atom. The van der Waals surface area contributed by atoms with E-state index in [9.17, 15) is 23.6 Å². The number of fused-ring (bicyclic) bond motifs is 1. The zero-order valence-electron chi connectivity index (χ0n) is 20.1. The topological polar surface area (TPSA) is 86.8 Å². The molecule has 184 valence electrons. The number of benzene rings is 1. The van der Waals surface area contributed by atoms with Gasteiger partial charge >= 0.3 is 0 Å². The molecule has 1 fully saturated rings. The maximum Gasteiger partial charge on any atom is 0.243 e. The van der Waals surface area contributed by atoms with Crippen LogP contribution in [0.3, 0.4) is 0 Å². The molecule has 0 spiro atoms. The van der Waals surface area contributed by atoms with Crippen LogP contribution in [0.4, 0.5) is 4.39 Å². The molecule has 1 heterocycles. The van der Waals surface area contributed by atoms with Gasteiger partial charge in [0.25, 0.3) is 0 Å². The van der Waals surface area contributed by atoms with E-state index in [0.29, 0.717) is 24.8 Å². The van der Waals surface area contributed by atoms with Crippen LogP contribution in [0, 0.1) is 17.7 Å².